The van der Waals surface area contributed by atoms with E-state index >= 15 is 0 Å². The number of ether oxygens (including phenoxy) is 1. The lowest BCUT2D eigenvalue weighted by molar-refractivity contribution is 0.238. The van der Waals surface area contributed by atoms with Crippen molar-refractivity contribution < 1.29 is 14.5 Å². The average Bonchev–Trinajstić information content (AvgIpc) is 2.67. The van der Waals surface area contributed by atoms with E-state index in [1.807, 2.05) is 6.92 Å². The first kappa shape index (κ1) is 13.2. The summed E-state index contributed by atoms with van der Waals surface area (Å²) in [5.41, 5.74) is 7.07. The van der Waals surface area contributed by atoms with E-state index in [4.69, 9.17) is 15.1 Å². The fraction of sp³-hybridized carbons (Fsp3) is 0.400. The van der Waals surface area contributed by atoms with Gasteiger partial charge in [-0.1, -0.05) is 0 Å². The Hall–Kier alpha value is -0.905. The standard InChI is InChI=1S/C10H13BNO3.ClH/c1-2-14-7-4-3-6(13)9-8(5-12)15-11-10(7)9;/h3-4,8,13H,2,5,12H2,1H3;1H. The summed E-state index contributed by atoms with van der Waals surface area (Å²) in [4.78, 5) is 0. The largest absolute Gasteiger partial charge is 0.508 e. The van der Waals surface area contributed by atoms with Gasteiger partial charge in [-0.15, -0.1) is 12.4 Å². The molecular weight excluding hydrogens is 228 g/mol. The molecular formula is C10H14BClNO3. The first-order valence-electron chi connectivity index (χ1n) is 4.95. The number of fused-ring (bicyclic) bond motifs is 1. The lowest BCUT2D eigenvalue weighted by Gasteiger charge is -2.12. The Bertz CT molecular complexity index is 375. The van der Waals surface area contributed by atoms with E-state index in [0.717, 1.165) is 16.8 Å². The van der Waals surface area contributed by atoms with Gasteiger partial charge >= 0.3 is 7.48 Å². The second-order valence-corrected chi connectivity index (χ2v) is 3.32. The van der Waals surface area contributed by atoms with Crippen LogP contribution in [0, 0.1) is 0 Å². The second kappa shape index (κ2) is 5.43. The Morgan fingerprint density at radius 2 is 2.31 bits per heavy atom. The molecule has 87 valence electrons. The number of hydrogen-bond acceptors (Lipinski definition) is 4. The number of aromatic hydroxyl groups is 1. The predicted molar refractivity (Wildman–Crippen MR) is 64.8 cm³/mol. The molecule has 0 aliphatic carbocycles. The summed E-state index contributed by atoms with van der Waals surface area (Å²) in [5.74, 6) is 0.930. The van der Waals surface area contributed by atoms with E-state index in [0.29, 0.717) is 13.2 Å². The van der Waals surface area contributed by atoms with Crippen molar-refractivity contribution in [3.63, 3.8) is 0 Å². The van der Waals surface area contributed by atoms with Crippen LogP contribution in [-0.4, -0.2) is 25.7 Å². The topological polar surface area (TPSA) is 64.7 Å². The Balaban J connectivity index is 0.00000128. The Morgan fingerprint density at radius 1 is 1.56 bits per heavy atom. The predicted octanol–water partition coefficient (Wildman–Crippen LogP) is 0.487. The van der Waals surface area contributed by atoms with E-state index in [1.54, 1.807) is 19.6 Å². The van der Waals surface area contributed by atoms with Crippen LogP contribution in [0.25, 0.3) is 0 Å². The molecule has 2 rings (SSSR count). The van der Waals surface area contributed by atoms with Crippen molar-refractivity contribution in [2.45, 2.75) is 13.0 Å². The molecule has 1 unspecified atom stereocenters. The number of phenolic OH excluding ortho intramolecular Hbond substituents is 1. The maximum Gasteiger partial charge on any atom is 0.335 e. The highest BCUT2D eigenvalue weighted by Gasteiger charge is 2.29. The Kier molecular flexibility index (Phi) is 4.47. The van der Waals surface area contributed by atoms with Crippen LogP contribution in [0.5, 0.6) is 11.5 Å². The van der Waals surface area contributed by atoms with Gasteiger partial charge in [0.1, 0.15) is 11.5 Å². The fourth-order valence-corrected chi connectivity index (χ4v) is 1.74. The lowest BCUT2D eigenvalue weighted by atomic mass is 9.85. The molecule has 3 N–H and O–H groups in total. The quantitative estimate of drug-likeness (QED) is 0.757. The summed E-state index contributed by atoms with van der Waals surface area (Å²) in [6.45, 7) is 2.83. The summed E-state index contributed by atoms with van der Waals surface area (Å²) in [6, 6.07) is 3.34. The maximum absolute atomic E-state index is 9.71. The van der Waals surface area contributed by atoms with Crippen LogP contribution in [0.3, 0.4) is 0 Å². The Morgan fingerprint density at radius 3 is 2.94 bits per heavy atom. The number of rotatable bonds is 3. The molecule has 1 aromatic rings. The van der Waals surface area contributed by atoms with Crippen LogP contribution >= 0.6 is 12.4 Å². The van der Waals surface area contributed by atoms with Gasteiger partial charge in [-0.3, -0.25) is 0 Å². The van der Waals surface area contributed by atoms with E-state index in [1.165, 1.54) is 0 Å². The van der Waals surface area contributed by atoms with Crippen LogP contribution in [0.4, 0.5) is 0 Å². The summed E-state index contributed by atoms with van der Waals surface area (Å²) in [5, 5.41) is 9.71. The SMILES string of the molecule is CCOc1ccc(O)c2c1[B]OC2CN.Cl. The first-order chi connectivity index (χ1) is 7.27. The molecule has 0 fully saturated rings. The van der Waals surface area contributed by atoms with Crippen molar-refractivity contribution >= 4 is 25.4 Å². The van der Waals surface area contributed by atoms with E-state index in [-0.39, 0.29) is 24.3 Å². The minimum atomic E-state index is -0.264. The highest BCUT2D eigenvalue weighted by molar-refractivity contribution is 6.50. The Labute approximate surface area is 101 Å². The zero-order chi connectivity index (χ0) is 10.8. The smallest absolute Gasteiger partial charge is 0.335 e. The van der Waals surface area contributed by atoms with Crippen LogP contribution in [0.1, 0.15) is 18.6 Å². The monoisotopic (exact) mass is 242 g/mol. The molecule has 16 heavy (non-hydrogen) atoms. The number of hydrogen-bond donors (Lipinski definition) is 2. The number of benzene rings is 1. The van der Waals surface area contributed by atoms with Gasteiger partial charge in [0, 0.05) is 12.1 Å². The highest BCUT2D eigenvalue weighted by Crippen LogP contribution is 2.31. The van der Waals surface area contributed by atoms with Crippen molar-refractivity contribution in [1.82, 2.24) is 0 Å². The molecule has 0 saturated carbocycles. The molecule has 1 atom stereocenters. The molecule has 0 spiro atoms. The molecule has 1 aliphatic rings. The molecule has 1 radical (unpaired) electrons. The molecule has 4 nitrogen and oxygen atoms in total. The minimum Gasteiger partial charge on any atom is -0.508 e. The molecule has 0 bridgehead atoms. The molecule has 1 heterocycles. The lowest BCUT2D eigenvalue weighted by Crippen LogP contribution is -2.16. The number of nitrogens with two attached hydrogens (primary N) is 1. The summed E-state index contributed by atoms with van der Waals surface area (Å²) >= 11 is 0. The van der Waals surface area contributed by atoms with Crippen LogP contribution in [-0.2, 0) is 4.65 Å². The van der Waals surface area contributed by atoms with Gasteiger partial charge in [0.15, 0.2) is 0 Å². The molecule has 1 aliphatic heterocycles. The summed E-state index contributed by atoms with van der Waals surface area (Å²) < 4.78 is 10.8. The molecule has 6 heteroatoms. The summed E-state index contributed by atoms with van der Waals surface area (Å²) in [7, 11) is 1.59. The third kappa shape index (κ3) is 2.12. The van der Waals surface area contributed by atoms with Gasteiger partial charge < -0.3 is 20.2 Å². The van der Waals surface area contributed by atoms with Gasteiger partial charge in [-0.25, -0.2) is 0 Å². The zero-order valence-corrected chi connectivity index (χ0v) is 9.79. The number of halogens is 1. The van der Waals surface area contributed by atoms with Gasteiger partial charge in [0.2, 0.25) is 0 Å². The fourth-order valence-electron chi connectivity index (χ4n) is 1.74. The molecule has 0 saturated heterocycles. The van der Waals surface area contributed by atoms with E-state index < -0.39 is 0 Å². The van der Waals surface area contributed by atoms with Crippen molar-refractivity contribution in [3.05, 3.63) is 17.7 Å². The summed E-state index contributed by atoms with van der Waals surface area (Å²) in [6.07, 6.45) is -0.264. The van der Waals surface area contributed by atoms with Gasteiger partial charge in [0.25, 0.3) is 0 Å². The average molecular weight is 242 g/mol. The molecule has 0 aromatic heterocycles. The first-order valence-corrected chi connectivity index (χ1v) is 4.95. The zero-order valence-electron chi connectivity index (χ0n) is 8.97. The highest BCUT2D eigenvalue weighted by atomic mass is 35.5. The van der Waals surface area contributed by atoms with Crippen LogP contribution in [0.15, 0.2) is 12.1 Å². The van der Waals surface area contributed by atoms with Crippen molar-refractivity contribution in [2.75, 3.05) is 13.2 Å². The maximum atomic E-state index is 9.71. The van der Waals surface area contributed by atoms with E-state index in [2.05, 4.69) is 0 Å². The minimum absolute atomic E-state index is 0. The molecule has 0 amide bonds. The number of phenols is 1. The van der Waals surface area contributed by atoms with E-state index in [9.17, 15) is 5.11 Å². The van der Waals surface area contributed by atoms with Crippen molar-refractivity contribution in [2.24, 2.45) is 5.73 Å². The second-order valence-electron chi connectivity index (χ2n) is 3.32. The van der Waals surface area contributed by atoms with Gasteiger partial charge in [-0.05, 0) is 24.5 Å². The van der Waals surface area contributed by atoms with Gasteiger partial charge in [0.05, 0.1) is 12.7 Å². The van der Waals surface area contributed by atoms with Gasteiger partial charge in [-0.2, -0.15) is 0 Å². The van der Waals surface area contributed by atoms with Crippen LogP contribution < -0.4 is 15.9 Å². The molecule has 1 aromatic carbocycles. The normalized spacial score (nSPS) is 17.2. The third-order valence-electron chi connectivity index (χ3n) is 2.41. The van der Waals surface area contributed by atoms with Crippen LogP contribution in [0.2, 0.25) is 0 Å². The van der Waals surface area contributed by atoms with Crippen molar-refractivity contribution in [1.29, 1.82) is 0 Å². The van der Waals surface area contributed by atoms with Crippen molar-refractivity contribution in [3.8, 4) is 11.5 Å². The third-order valence-corrected chi connectivity index (χ3v) is 2.41.